The molecule has 0 aliphatic heterocycles. The van der Waals surface area contributed by atoms with Crippen LogP contribution in [0.5, 0.6) is 0 Å². The number of aryl methyl sites for hydroxylation is 1. The molecule has 90 valence electrons. The Morgan fingerprint density at radius 2 is 2.47 bits per heavy atom. The fraction of sp³-hybridized carbons (Fsp3) is 0.300. The Balaban J connectivity index is 1.91. The second-order valence-corrected chi connectivity index (χ2v) is 5.86. The number of carbonyl (C=O) groups is 1. The average molecular weight is 269 g/mol. The van der Waals surface area contributed by atoms with E-state index in [1.54, 1.807) is 19.2 Å². The Morgan fingerprint density at radius 3 is 3.06 bits per heavy atom. The predicted molar refractivity (Wildman–Crippen MR) is 67.3 cm³/mol. The van der Waals surface area contributed by atoms with Crippen molar-refractivity contribution >= 4 is 34.9 Å². The van der Waals surface area contributed by atoms with Crippen LogP contribution in [0.3, 0.4) is 0 Å². The van der Waals surface area contributed by atoms with Crippen LogP contribution >= 0.6 is 23.1 Å². The van der Waals surface area contributed by atoms with Crippen LogP contribution in [0.1, 0.15) is 12.6 Å². The summed E-state index contributed by atoms with van der Waals surface area (Å²) in [7, 11) is 0. The Kier molecular flexibility index (Phi) is 3.80. The molecule has 7 heteroatoms. The van der Waals surface area contributed by atoms with Crippen LogP contribution in [0.25, 0.3) is 0 Å². The fourth-order valence-electron chi connectivity index (χ4n) is 1.12. The summed E-state index contributed by atoms with van der Waals surface area (Å²) in [5.41, 5.74) is 0.737. The summed E-state index contributed by atoms with van der Waals surface area (Å²) in [6.07, 6.45) is 1.72. The fourth-order valence-corrected chi connectivity index (χ4v) is 2.89. The molecule has 0 unspecified atom stereocenters. The third-order valence-corrected chi connectivity index (χ3v) is 3.95. The van der Waals surface area contributed by atoms with Gasteiger partial charge in [-0.2, -0.15) is 0 Å². The molecule has 0 saturated heterocycles. The first-order valence-electron chi connectivity index (χ1n) is 4.95. The molecular formula is C10H11N3O2S2. The minimum Gasteiger partial charge on any atom is -0.338 e. The van der Waals surface area contributed by atoms with Crippen molar-refractivity contribution < 1.29 is 9.32 Å². The minimum absolute atomic E-state index is 0.124. The van der Waals surface area contributed by atoms with E-state index in [1.165, 1.54) is 23.1 Å². The molecule has 0 radical (unpaired) electrons. The molecule has 0 saturated carbocycles. The number of nitrogens with one attached hydrogen (secondary N) is 1. The van der Waals surface area contributed by atoms with Gasteiger partial charge in [0.2, 0.25) is 11.8 Å². The van der Waals surface area contributed by atoms with Gasteiger partial charge < -0.3 is 4.52 Å². The number of hydrogen-bond donors (Lipinski definition) is 1. The number of aromatic nitrogens is 2. The standard InChI is InChI=1S/C10H11N3O2S2/c1-6-5-8(15-13-6)12-9(14)7(2)17-10-11-3-4-16-10/h3-5,7H,1-2H3,(H,12,14)/t7-/m1/s1. The average Bonchev–Trinajstić information content (AvgIpc) is 2.90. The van der Waals surface area contributed by atoms with Gasteiger partial charge in [0, 0.05) is 17.6 Å². The molecule has 5 nitrogen and oxygen atoms in total. The van der Waals surface area contributed by atoms with Gasteiger partial charge in [0.15, 0.2) is 4.34 Å². The largest absolute Gasteiger partial charge is 0.338 e. The summed E-state index contributed by atoms with van der Waals surface area (Å²) in [5, 5.41) is 8.01. The molecule has 0 aromatic carbocycles. The van der Waals surface area contributed by atoms with Crippen LogP contribution < -0.4 is 5.32 Å². The summed E-state index contributed by atoms with van der Waals surface area (Å²) in [6, 6.07) is 1.68. The van der Waals surface area contributed by atoms with Crippen molar-refractivity contribution in [3.05, 3.63) is 23.3 Å². The lowest BCUT2D eigenvalue weighted by molar-refractivity contribution is -0.115. The number of hydrogen-bond acceptors (Lipinski definition) is 6. The molecule has 17 heavy (non-hydrogen) atoms. The molecule has 2 rings (SSSR count). The van der Waals surface area contributed by atoms with Crippen molar-refractivity contribution in [3.8, 4) is 0 Å². The van der Waals surface area contributed by atoms with Crippen LogP contribution in [-0.4, -0.2) is 21.3 Å². The molecule has 1 amide bonds. The normalized spacial score (nSPS) is 12.4. The SMILES string of the molecule is Cc1cc(NC(=O)[C@@H](C)Sc2nccs2)on1. The maximum absolute atomic E-state index is 11.8. The van der Waals surface area contributed by atoms with Gasteiger partial charge in [-0.15, -0.1) is 11.3 Å². The van der Waals surface area contributed by atoms with E-state index in [4.69, 9.17) is 4.52 Å². The van der Waals surface area contributed by atoms with Crippen LogP contribution in [0.4, 0.5) is 5.88 Å². The van der Waals surface area contributed by atoms with Crippen LogP contribution in [0, 0.1) is 6.92 Å². The van der Waals surface area contributed by atoms with Gasteiger partial charge in [0.25, 0.3) is 0 Å². The molecule has 0 bridgehead atoms. The van der Waals surface area contributed by atoms with Crippen molar-refractivity contribution in [3.63, 3.8) is 0 Å². The second-order valence-electron chi connectivity index (χ2n) is 3.38. The van der Waals surface area contributed by atoms with Gasteiger partial charge in [0.05, 0.1) is 10.9 Å². The maximum Gasteiger partial charge on any atom is 0.240 e. The molecule has 2 aromatic rings. The molecule has 0 aliphatic carbocycles. The molecule has 0 spiro atoms. The highest BCUT2D eigenvalue weighted by Crippen LogP contribution is 2.25. The lowest BCUT2D eigenvalue weighted by atomic mass is 10.4. The van der Waals surface area contributed by atoms with Gasteiger partial charge in [-0.25, -0.2) is 4.98 Å². The molecule has 2 aromatic heterocycles. The van der Waals surface area contributed by atoms with E-state index in [-0.39, 0.29) is 11.2 Å². The van der Waals surface area contributed by atoms with Gasteiger partial charge in [-0.05, 0) is 13.8 Å². The highest BCUT2D eigenvalue weighted by Gasteiger charge is 2.17. The van der Waals surface area contributed by atoms with E-state index < -0.39 is 0 Å². The number of thioether (sulfide) groups is 1. The zero-order chi connectivity index (χ0) is 12.3. The Labute approximate surface area is 107 Å². The lowest BCUT2D eigenvalue weighted by Crippen LogP contribution is -2.21. The molecule has 0 aliphatic rings. The Bertz CT molecular complexity index is 495. The number of thiazole rings is 1. The van der Waals surface area contributed by atoms with Gasteiger partial charge in [0.1, 0.15) is 0 Å². The van der Waals surface area contributed by atoms with Gasteiger partial charge >= 0.3 is 0 Å². The zero-order valence-electron chi connectivity index (χ0n) is 9.34. The molecule has 0 fully saturated rings. The van der Waals surface area contributed by atoms with Crippen molar-refractivity contribution in [2.75, 3.05) is 5.32 Å². The number of carbonyl (C=O) groups excluding carboxylic acids is 1. The van der Waals surface area contributed by atoms with Crippen LogP contribution in [-0.2, 0) is 4.79 Å². The summed E-state index contributed by atoms with van der Waals surface area (Å²) < 4.78 is 5.79. The molecular weight excluding hydrogens is 258 g/mol. The highest BCUT2D eigenvalue weighted by atomic mass is 32.2. The molecule has 2 heterocycles. The second kappa shape index (κ2) is 5.33. The van der Waals surface area contributed by atoms with E-state index in [1.807, 2.05) is 12.3 Å². The lowest BCUT2D eigenvalue weighted by Gasteiger charge is -2.07. The molecule has 1 atom stereocenters. The van der Waals surface area contributed by atoms with Crippen LogP contribution in [0.2, 0.25) is 0 Å². The third-order valence-electron chi connectivity index (χ3n) is 1.93. The number of rotatable bonds is 4. The topological polar surface area (TPSA) is 68.0 Å². The van der Waals surface area contributed by atoms with E-state index in [0.29, 0.717) is 5.88 Å². The number of amides is 1. The summed E-state index contributed by atoms with van der Waals surface area (Å²) >= 11 is 2.93. The summed E-state index contributed by atoms with van der Waals surface area (Å²) in [6.45, 7) is 3.62. The number of nitrogens with zero attached hydrogens (tertiary/aromatic N) is 2. The first-order valence-corrected chi connectivity index (χ1v) is 6.71. The van der Waals surface area contributed by atoms with Crippen LogP contribution in [0.15, 0.2) is 26.5 Å². The Hall–Kier alpha value is -1.34. The van der Waals surface area contributed by atoms with E-state index >= 15 is 0 Å². The quantitative estimate of drug-likeness (QED) is 0.864. The smallest absolute Gasteiger partial charge is 0.240 e. The summed E-state index contributed by atoms with van der Waals surface area (Å²) in [5.74, 6) is 0.250. The van der Waals surface area contributed by atoms with E-state index in [0.717, 1.165) is 10.0 Å². The van der Waals surface area contributed by atoms with Gasteiger partial charge in [-0.1, -0.05) is 16.9 Å². The highest BCUT2D eigenvalue weighted by molar-refractivity contribution is 8.02. The summed E-state index contributed by atoms with van der Waals surface area (Å²) in [4.78, 5) is 15.9. The van der Waals surface area contributed by atoms with Crippen molar-refractivity contribution in [2.24, 2.45) is 0 Å². The maximum atomic E-state index is 11.8. The van der Waals surface area contributed by atoms with E-state index in [9.17, 15) is 4.79 Å². The first kappa shape index (κ1) is 12.1. The van der Waals surface area contributed by atoms with Crippen molar-refractivity contribution in [1.29, 1.82) is 0 Å². The van der Waals surface area contributed by atoms with Gasteiger partial charge in [-0.3, -0.25) is 10.1 Å². The Morgan fingerprint density at radius 1 is 1.65 bits per heavy atom. The van der Waals surface area contributed by atoms with E-state index in [2.05, 4.69) is 15.5 Å². The minimum atomic E-state index is -0.230. The number of anilines is 1. The van der Waals surface area contributed by atoms with Crippen molar-refractivity contribution in [2.45, 2.75) is 23.4 Å². The predicted octanol–water partition coefficient (Wildman–Crippen LogP) is 2.56. The van der Waals surface area contributed by atoms with Crippen molar-refractivity contribution in [1.82, 2.24) is 10.1 Å². The third kappa shape index (κ3) is 3.31. The zero-order valence-corrected chi connectivity index (χ0v) is 11.0. The molecule has 1 N–H and O–H groups in total. The first-order chi connectivity index (χ1) is 8.15. The monoisotopic (exact) mass is 269 g/mol.